The molecular formula is C19H30N4O3. The third-order valence-electron chi connectivity index (χ3n) is 5.42. The van der Waals surface area contributed by atoms with E-state index in [4.69, 9.17) is 4.74 Å². The van der Waals surface area contributed by atoms with Gasteiger partial charge in [0.2, 0.25) is 11.8 Å². The first-order valence-electron chi connectivity index (χ1n) is 9.56. The minimum atomic E-state index is -0.0593. The fraction of sp³-hybridized carbons (Fsp3) is 0.684. The van der Waals surface area contributed by atoms with E-state index in [1.54, 1.807) is 4.90 Å². The van der Waals surface area contributed by atoms with Crippen LogP contribution in [0.5, 0.6) is 0 Å². The summed E-state index contributed by atoms with van der Waals surface area (Å²) in [7, 11) is 1.53. The highest BCUT2D eigenvalue weighted by Gasteiger charge is 2.32. The van der Waals surface area contributed by atoms with Crippen molar-refractivity contribution in [2.24, 2.45) is 5.92 Å². The second-order valence-electron chi connectivity index (χ2n) is 7.20. The number of ether oxygens (including phenoxy) is 1. The molecule has 7 heteroatoms. The van der Waals surface area contributed by atoms with Crippen molar-refractivity contribution in [1.29, 1.82) is 0 Å². The Morgan fingerprint density at radius 2 is 1.73 bits per heavy atom. The van der Waals surface area contributed by atoms with Crippen LogP contribution in [0.25, 0.3) is 0 Å². The number of aromatic nitrogens is 1. The number of carbonyl (C=O) groups excluding carboxylic acids is 2. The molecule has 0 bridgehead atoms. The van der Waals surface area contributed by atoms with E-state index in [0.717, 1.165) is 58.7 Å². The summed E-state index contributed by atoms with van der Waals surface area (Å²) in [6.45, 7) is 6.78. The van der Waals surface area contributed by atoms with Gasteiger partial charge in [0, 0.05) is 71.9 Å². The molecule has 0 radical (unpaired) electrons. The normalized spacial score (nSPS) is 21.8. The molecule has 0 aromatic carbocycles. The van der Waals surface area contributed by atoms with Crippen LogP contribution >= 0.6 is 0 Å². The van der Waals surface area contributed by atoms with Crippen molar-refractivity contribution in [2.45, 2.75) is 19.4 Å². The van der Waals surface area contributed by atoms with E-state index >= 15 is 0 Å². The van der Waals surface area contributed by atoms with Gasteiger partial charge in [0.25, 0.3) is 0 Å². The molecule has 1 atom stereocenters. The molecule has 0 saturated carbocycles. The third kappa shape index (κ3) is 4.86. The topological polar surface area (TPSA) is 58.0 Å². The van der Waals surface area contributed by atoms with E-state index in [9.17, 15) is 9.59 Å². The van der Waals surface area contributed by atoms with Gasteiger partial charge in [-0.2, -0.15) is 0 Å². The van der Waals surface area contributed by atoms with Gasteiger partial charge in [-0.15, -0.1) is 0 Å². The van der Waals surface area contributed by atoms with Crippen LogP contribution in [-0.4, -0.2) is 90.6 Å². The lowest BCUT2D eigenvalue weighted by Gasteiger charge is -2.39. The van der Waals surface area contributed by atoms with E-state index in [1.807, 2.05) is 17.0 Å². The van der Waals surface area contributed by atoms with Crippen molar-refractivity contribution in [3.8, 4) is 0 Å². The van der Waals surface area contributed by atoms with Crippen molar-refractivity contribution in [2.75, 3.05) is 59.5 Å². The van der Waals surface area contributed by atoms with Crippen molar-refractivity contribution >= 4 is 11.8 Å². The molecule has 2 saturated heterocycles. The maximum absolute atomic E-state index is 12.9. The average Bonchev–Trinajstić information content (AvgIpc) is 3.20. The zero-order chi connectivity index (χ0) is 18.4. The second kappa shape index (κ2) is 9.19. The number of carbonyl (C=O) groups is 2. The predicted molar refractivity (Wildman–Crippen MR) is 98.6 cm³/mol. The molecule has 3 rings (SSSR count). The summed E-state index contributed by atoms with van der Waals surface area (Å²) in [4.78, 5) is 31.1. The van der Waals surface area contributed by atoms with Gasteiger partial charge in [0.1, 0.15) is 6.61 Å². The second-order valence-corrected chi connectivity index (χ2v) is 7.20. The van der Waals surface area contributed by atoms with E-state index in [2.05, 4.69) is 21.9 Å². The molecule has 0 unspecified atom stereocenters. The number of likely N-dealkylation sites (tertiary alicyclic amines) is 1. The van der Waals surface area contributed by atoms with Gasteiger partial charge in [0.15, 0.2) is 0 Å². The molecule has 0 aliphatic carbocycles. The molecule has 0 N–H and O–H groups in total. The Hall–Kier alpha value is -1.86. The summed E-state index contributed by atoms with van der Waals surface area (Å²) in [5.41, 5.74) is 0. The van der Waals surface area contributed by atoms with Gasteiger partial charge in [0.05, 0.1) is 5.92 Å². The standard InChI is InChI=1S/C19H30N4O3/c1-26-16-18(24)23-8-4-5-17(15-23)19(25)22-13-11-21(12-14-22)10-9-20-6-2-3-7-20/h2-3,6-7,17H,4-5,8-16H2,1H3/t17-/m1/s1. The highest BCUT2D eigenvalue weighted by Crippen LogP contribution is 2.20. The molecule has 2 amide bonds. The van der Waals surface area contributed by atoms with Gasteiger partial charge < -0.3 is 19.1 Å². The lowest BCUT2D eigenvalue weighted by atomic mass is 9.96. The smallest absolute Gasteiger partial charge is 0.248 e. The number of hydrogen-bond donors (Lipinski definition) is 0. The molecule has 2 aliphatic rings. The summed E-state index contributed by atoms with van der Waals surface area (Å²) in [6, 6.07) is 4.09. The van der Waals surface area contributed by atoms with Crippen LogP contribution in [0, 0.1) is 5.92 Å². The third-order valence-corrected chi connectivity index (χ3v) is 5.42. The Morgan fingerprint density at radius 1 is 1.00 bits per heavy atom. The van der Waals surface area contributed by atoms with E-state index in [-0.39, 0.29) is 24.3 Å². The first kappa shape index (κ1) is 18.9. The summed E-state index contributed by atoms with van der Waals surface area (Å²) < 4.78 is 7.12. The van der Waals surface area contributed by atoms with Crippen molar-refractivity contribution in [3.05, 3.63) is 24.5 Å². The van der Waals surface area contributed by atoms with Crippen LogP contribution in [0.3, 0.4) is 0 Å². The SMILES string of the molecule is COCC(=O)N1CCC[C@@H](C(=O)N2CCN(CCn3cccc3)CC2)C1. The highest BCUT2D eigenvalue weighted by atomic mass is 16.5. The van der Waals surface area contributed by atoms with Crippen LogP contribution in [0.4, 0.5) is 0 Å². The monoisotopic (exact) mass is 362 g/mol. The van der Waals surface area contributed by atoms with E-state index < -0.39 is 0 Å². The first-order valence-corrected chi connectivity index (χ1v) is 9.56. The molecule has 2 aliphatic heterocycles. The fourth-order valence-electron chi connectivity index (χ4n) is 3.85. The lowest BCUT2D eigenvalue weighted by Crippen LogP contribution is -2.53. The molecule has 1 aromatic rings. The molecular weight excluding hydrogens is 332 g/mol. The molecule has 144 valence electrons. The summed E-state index contributed by atoms with van der Waals surface area (Å²) in [6.07, 6.45) is 5.94. The van der Waals surface area contributed by atoms with E-state index in [1.165, 1.54) is 7.11 Å². The van der Waals surface area contributed by atoms with Gasteiger partial charge in [-0.3, -0.25) is 14.5 Å². The Bertz CT molecular complexity index is 582. The fourth-order valence-corrected chi connectivity index (χ4v) is 3.85. The predicted octanol–water partition coefficient (Wildman–Crippen LogP) is 0.517. The Kier molecular flexibility index (Phi) is 6.68. The lowest BCUT2D eigenvalue weighted by molar-refractivity contribution is -0.143. The zero-order valence-electron chi connectivity index (χ0n) is 15.7. The maximum atomic E-state index is 12.9. The summed E-state index contributed by atoms with van der Waals surface area (Å²) in [5.74, 6) is 0.140. The number of rotatable bonds is 6. The van der Waals surface area contributed by atoms with Gasteiger partial charge >= 0.3 is 0 Å². The van der Waals surface area contributed by atoms with Crippen molar-refractivity contribution in [3.63, 3.8) is 0 Å². The quantitative estimate of drug-likeness (QED) is 0.740. The van der Waals surface area contributed by atoms with Crippen molar-refractivity contribution in [1.82, 2.24) is 19.3 Å². The Labute approximate surface area is 155 Å². The van der Waals surface area contributed by atoms with Crippen LogP contribution in [0.2, 0.25) is 0 Å². The number of piperidine rings is 1. The molecule has 3 heterocycles. The summed E-state index contributed by atoms with van der Waals surface area (Å²) in [5, 5.41) is 0. The van der Waals surface area contributed by atoms with Crippen LogP contribution in [-0.2, 0) is 20.9 Å². The van der Waals surface area contributed by atoms with Gasteiger partial charge in [-0.25, -0.2) is 0 Å². The maximum Gasteiger partial charge on any atom is 0.248 e. The van der Waals surface area contributed by atoms with E-state index in [0.29, 0.717) is 6.54 Å². The minimum Gasteiger partial charge on any atom is -0.375 e. The Balaban J connectivity index is 1.43. The number of hydrogen-bond acceptors (Lipinski definition) is 4. The molecule has 7 nitrogen and oxygen atoms in total. The van der Waals surface area contributed by atoms with Gasteiger partial charge in [-0.1, -0.05) is 0 Å². The molecule has 2 fully saturated rings. The first-order chi connectivity index (χ1) is 12.7. The minimum absolute atomic E-state index is 0.0140. The molecule has 0 spiro atoms. The number of piperazine rings is 1. The average molecular weight is 362 g/mol. The van der Waals surface area contributed by atoms with Crippen LogP contribution in [0.15, 0.2) is 24.5 Å². The largest absolute Gasteiger partial charge is 0.375 e. The Morgan fingerprint density at radius 3 is 2.42 bits per heavy atom. The van der Waals surface area contributed by atoms with Crippen molar-refractivity contribution < 1.29 is 14.3 Å². The van der Waals surface area contributed by atoms with Crippen LogP contribution in [0.1, 0.15) is 12.8 Å². The highest BCUT2D eigenvalue weighted by molar-refractivity contribution is 5.82. The summed E-state index contributed by atoms with van der Waals surface area (Å²) >= 11 is 0. The van der Waals surface area contributed by atoms with Crippen LogP contribution < -0.4 is 0 Å². The molecule has 26 heavy (non-hydrogen) atoms. The number of methoxy groups -OCH3 is 1. The number of nitrogens with zero attached hydrogens (tertiary/aromatic N) is 4. The van der Waals surface area contributed by atoms with Gasteiger partial charge in [-0.05, 0) is 25.0 Å². The molecule has 1 aromatic heterocycles. The zero-order valence-corrected chi connectivity index (χ0v) is 15.7. The number of amides is 2.